The standard InChI is InChI=1S/C14H18O3/c1-10(2)17-14(15)8-6-12-9-11(3)5-7-13(12)16-4/h5-10H,1-4H3. The first-order chi connectivity index (χ1) is 8.02. The molecule has 3 nitrogen and oxygen atoms in total. The molecule has 0 amide bonds. The highest BCUT2D eigenvalue weighted by Crippen LogP contribution is 2.20. The van der Waals surface area contributed by atoms with E-state index in [2.05, 4.69) is 0 Å². The second kappa shape index (κ2) is 6.09. The minimum atomic E-state index is -0.344. The van der Waals surface area contributed by atoms with Crippen LogP contribution in [0.5, 0.6) is 5.75 Å². The highest BCUT2D eigenvalue weighted by Gasteiger charge is 2.03. The van der Waals surface area contributed by atoms with Crippen molar-refractivity contribution in [1.82, 2.24) is 0 Å². The Morgan fingerprint density at radius 3 is 2.65 bits per heavy atom. The number of esters is 1. The van der Waals surface area contributed by atoms with Crippen LogP contribution >= 0.6 is 0 Å². The van der Waals surface area contributed by atoms with Crippen molar-refractivity contribution in [3.05, 3.63) is 35.4 Å². The van der Waals surface area contributed by atoms with Gasteiger partial charge < -0.3 is 9.47 Å². The fraction of sp³-hybridized carbons (Fsp3) is 0.357. The highest BCUT2D eigenvalue weighted by molar-refractivity contribution is 5.87. The van der Waals surface area contributed by atoms with E-state index in [4.69, 9.17) is 9.47 Å². The molecule has 0 heterocycles. The molecule has 0 atom stereocenters. The van der Waals surface area contributed by atoms with Gasteiger partial charge >= 0.3 is 5.97 Å². The zero-order chi connectivity index (χ0) is 12.8. The largest absolute Gasteiger partial charge is 0.496 e. The predicted molar refractivity (Wildman–Crippen MR) is 68.0 cm³/mol. The fourth-order valence-corrected chi connectivity index (χ4v) is 1.41. The van der Waals surface area contributed by atoms with Crippen LogP contribution in [0.3, 0.4) is 0 Å². The van der Waals surface area contributed by atoms with E-state index < -0.39 is 0 Å². The van der Waals surface area contributed by atoms with Gasteiger partial charge in [0.2, 0.25) is 0 Å². The average Bonchev–Trinajstić information content (AvgIpc) is 2.25. The second-order valence-corrected chi connectivity index (χ2v) is 4.06. The summed E-state index contributed by atoms with van der Waals surface area (Å²) in [6, 6.07) is 5.80. The molecule has 0 aromatic heterocycles. The number of hydrogen-bond acceptors (Lipinski definition) is 3. The Balaban J connectivity index is 2.83. The number of rotatable bonds is 4. The third-order valence-corrected chi connectivity index (χ3v) is 2.14. The first-order valence-corrected chi connectivity index (χ1v) is 5.56. The van der Waals surface area contributed by atoms with Crippen molar-refractivity contribution >= 4 is 12.0 Å². The summed E-state index contributed by atoms with van der Waals surface area (Å²) >= 11 is 0. The molecule has 0 saturated carbocycles. The number of aryl methyl sites for hydroxylation is 1. The van der Waals surface area contributed by atoms with E-state index in [0.29, 0.717) is 0 Å². The van der Waals surface area contributed by atoms with E-state index in [9.17, 15) is 4.79 Å². The van der Waals surface area contributed by atoms with Gasteiger partial charge in [0.15, 0.2) is 0 Å². The van der Waals surface area contributed by atoms with E-state index in [0.717, 1.165) is 16.9 Å². The van der Waals surface area contributed by atoms with Crippen LogP contribution in [-0.2, 0) is 9.53 Å². The first kappa shape index (κ1) is 13.3. The Kier molecular flexibility index (Phi) is 4.76. The molecule has 0 saturated heterocycles. The minimum absolute atomic E-state index is 0.105. The Bertz CT molecular complexity index is 419. The monoisotopic (exact) mass is 234 g/mol. The molecule has 0 N–H and O–H groups in total. The first-order valence-electron chi connectivity index (χ1n) is 5.56. The molecule has 0 radical (unpaired) electrons. The minimum Gasteiger partial charge on any atom is -0.496 e. The van der Waals surface area contributed by atoms with Gasteiger partial charge in [-0.1, -0.05) is 11.6 Å². The van der Waals surface area contributed by atoms with Crippen LogP contribution in [0.15, 0.2) is 24.3 Å². The number of carbonyl (C=O) groups excluding carboxylic acids is 1. The van der Waals surface area contributed by atoms with Crippen LogP contribution in [0.25, 0.3) is 6.08 Å². The highest BCUT2D eigenvalue weighted by atomic mass is 16.5. The van der Waals surface area contributed by atoms with Crippen molar-refractivity contribution in [2.45, 2.75) is 26.9 Å². The number of hydrogen-bond donors (Lipinski definition) is 0. The molecule has 0 fully saturated rings. The molecular weight excluding hydrogens is 216 g/mol. The molecule has 0 aliphatic carbocycles. The van der Waals surface area contributed by atoms with Gasteiger partial charge in [0.1, 0.15) is 5.75 Å². The predicted octanol–water partition coefficient (Wildman–Crippen LogP) is 2.97. The quantitative estimate of drug-likeness (QED) is 0.593. The summed E-state index contributed by atoms with van der Waals surface area (Å²) in [5.74, 6) is 0.396. The third-order valence-electron chi connectivity index (χ3n) is 2.14. The lowest BCUT2D eigenvalue weighted by Crippen LogP contribution is -2.08. The third kappa shape index (κ3) is 4.31. The molecule has 17 heavy (non-hydrogen) atoms. The lowest BCUT2D eigenvalue weighted by atomic mass is 10.1. The summed E-state index contributed by atoms with van der Waals surface area (Å²) in [5.41, 5.74) is 1.98. The molecule has 3 heteroatoms. The molecule has 0 spiro atoms. The molecule has 1 aromatic rings. The molecule has 1 aromatic carbocycles. The smallest absolute Gasteiger partial charge is 0.331 e. The Labute approximate surface area is 102 Å². The topological polar surface area (TPSA) is 35.5 Å². The van der Waals surface area contributed by atoms with Crippen molar-refractivity contribution in [3.8, 4) is 5.75 Å². The number of carbonyl (C=O) groups is 1. The Morgan fingerprint density at radius 2 is 2.06 bits per heavy atom. The van der Waals surface area contributed by atoms with Gasteiger partial charge in [-0.3, -0.25) is 0 Å². The fourth-order valence-electron chi connectivity index (χ4n) is 1.41. The number of methoxy groups -OCH3 is 1. The number of ether oxygens (including phenoxy) is 2. The molecule has 92 valence electrons. The van der Waals surface area contributed by atoms with Crippen LogP contribution in [-0.4, -0.2) is 19.2 Å². The van der Waals surface area contributed by atoms with E-state index >= 15 is 0 Å². The van der Waals surface area contributed by atoms with E-state index in [1.807, 2.05) is 39.0 Å². The SMILES string of the molecule is COc1ccc(C)cc1C=CC(=O)OC(C)C. The van der Waals surface area contributed by atoms with Crippen molar-refractivity contribution in [2.24, 2.45) is 0 Å². The summed E-state index contributed by atoms with van der Waals surface area (Å²) < 4.78 is 10.2. The molecule has 0 aliphatic rings. The summed E-state index contributed by atoms with van der Waals surface area (Å²) in [7, 11) is 1.61. The average molecular weight is 234 g/mol. The maximum absolute atomic E-state index is 11.4. The van der Waals surface area contributed by atoms with E-state index in [1.165, 1.54) is 6.08 Å². The Morgan fingerprint density at radius 1 is 1.35 bits per heavy atom. The summed E-state index contributed by atoms with van der Waals surface area (Å²) in [6.07, 6.45) is 3.01. The van der Waals surface area contributed by atoms with Crippen molar-refractivity contribution < 1.29 is 14.3 Å². The maximum atomic E-state index is 11.4. The lowest BCUT2D eigenvalue weighted by Gasteiger charge is -2.06. The van der Waals surface area contributed by atoms with Gasteiger partial charge in [0, 0.05) is 11.6 Å². The zero-order valence-electron chi connectivity index (χ0n) is 10.7. The second-order valence-electron chi connectivity index (χ2n) is 4.06. The van der Waals surface area contributed by atoms with Gasteiger partial charge in [0.25, 0.3) is 0 Å². The van der Waals surface area contributed by atoms with Crippen molar-refractivity contribution in [2.75, 3.05) is 7.11 Å². The van der Waals surface area contributed by atoms with Gasteiger partial charge in [-0.15, -0.1) is 0 Å². The zero-order valence-corrected chi connectivity index (χ0v) is 10.7. The molecule has 0 unspecified atom stereocenters. The van der Waals surface area contributed by atoms with Crippen molar-refractivity contribution in [3.63, 3.8) is 0 Å². The summed E-state index contributed by atoms with van der Waals surface area (Å²) in [4.78, 5) is 11.4. The maximum Gasteiger partial charge on any atom is 0.331 e. The molecule has 0 bridgehead atoms. The lowest BCUT2D eigenvalue weighted by molar-refractivity contribution is -0.141. The molecule has 1 rings (SSSR count). The van der Waals surface area contributed by atoms with Crippen LogP contribution < -0.4 is 4.74 Å². The van der Waals surface area contributed by atoms with E-state index in [1.54, 1.807) is 13.2 Å². The van der Waals surface area contributed by atoms with Gasteiger partial charge in [-0.25, -0.2) is 4.79 Å². The normalized spacial score (nSPS) is 10.9. The van der Waals surface area contributed by atoms with Crippen LogP contribution in [0, 0.1) is 6.92 Å². The number of benzene rings is 1. The van der Waals surface area contributed by atoms with Crippen LogP contribution in [0.2, 0.25) is 0 Å². The Hall–Kier alpha value is -1.77. The summed E-state index contributed by atoms with van der Waals surface area (Å²) in [6.45, 7) is 5.63. The van der Waals surface area contributed by atoms with Gasteiger partial charge in [-0.05, 0) is 39.0 Å². The van der Waals surface area contributed by atoms with Gasteiger partial charge in [-0.2, -0.15) is 0 Å². The van der Waals surface area contributed by atoms with Crippen LogP contribution in [0.1, 0.15) is 25.0 Å². The molecule has 0 aliphatic heterocycles. The van der Waals surface area contributed by atoms with Gasteiger partial charge in [0.05, 0.1) is 13.2 Å². The van der Waals surface area contributed by atoms with Crippen LogP contribution in [0.4, 0.5) is 0 Å². The molecular formula is C14H18O3. The van der Waals surface area contributed by atoms with E-state index in [-0.39, 0.29) is 12.1 Å². The summed E-state index contributed by atoms with van der Waals surface area (Å²) in [5, 5.41) is 0. The van der Waals surface area contributed by atoms with Crippen molar-refractivity contribution in [1.29, 1.82) is 0 Å².